The zero-order valence-electron chi connectivity index (χ0n) is 10.4. The molecule has 1 aromatic heterocycles. The van der Waals surface area contributed by atoms with Gasteiger partial charge in [-0.05, 0) is 18.9 Å². The number of hydrogen-bond acceptors (Lipinski definition) is 4. The minimum atomic E-state index is -0.780. The van der Waals surface area contributed by atoms with Gasteiger partial charge >= 0.3 is 0 Å². The Hall–Kier alpha value is -1.69. The predicted molar refractivity (Wildman–Crippen MR) is 66.7 cm³/mol. The highest BCUT2D eigenvalue weighted by Crippen LogP contribution is 2.11. The number of ether oxygens (including phenoxy) is 1. The first kappa shape index (κ1) is 14.4. The third kappa shape index (κ3) is 4.29. The number of aromatic nitrogens is 1. The number of hydrogen-bond donors (Lipinski definition) is 2. The van der Waals surface area contributed by atoms with Crippen LogP contribution in [0.3, 0.4) is 0 Å². The van der Waals surface area contributed by atoms with Crippen LogP contribution in [-0.4, -0.2) is 30.6 Å². The molecule has 18 heavy (non-hydrogen) atoms. The molecule has 5 nitrogen and oxygen atoms in total. The zero-order chi connectivity index (χ0) is 13.4. The van der Waals surface area contributed by atoms with Crippen LogP contribution in [0.15, 0.2) is 12.3 Å². The molecule has 0 aliphatic rings. The van der Waals surface area contributed by atoms with Gasteiger partial charge < -0.3 is 15.8 Å². The molecule has 1 rings (SSSR count). The first-order valence-corrected chi connectivity index (χ1v) is 5.92. The Morgan fingerprint density at radius 2 is 2.33 bits per heavy atom. The number of nitrogens with zero attached hydrogens (tertiary/aromatic N) is 1. The third-order valence-corrected chi connectivity index (χ3v) is 2.26. The van der Waals surface area contributed by atoms with Gasteiger partial charge in [0, 0.05) is 26.0 Å². The van der Waals surface area contributed by atoms with Crippen molar-refractivity contribution in [2.24, 2.45) is 0 Å². The normalized spacial score (nSPS) is 10.3. The van der Waals surface area contributed by atoms with E-state index in [9.17, 15) is 9.18 Å². The van der Waals surface area contributed by atoms with E-state index in [0.29, 0.717) is 26.2 Å². The van der Waals surface area contributed by atoms with Crippen LogP contribution in [0, 0.1) is 5.82 Å². The average Bonchev–Trinajstić information content (AvgIpc) is 2.36. The maximum absolute atomic E-state index is 13.5. The molecule has 0 unspecified atom stereocenters. The zero-order valence-corrected chi connectivity index (χ0v) is 10.4. The minimum Gasteiger partial charge on any atom is -0.381 e. The fraction of sp³-hybridized carbons (Fsp3) is 0.500. The Bertz CT molecular complexity index is 399. The second-order valence-electron chi connectivity index (χ2n) is 3.78. The first-order valence-electron chi connectivity index (χ1n) is 5.92. The number of rotatable bonds is 7. The maximum Gasteiger partial charge on any atom is 0.254 e. The number of nitrogens with one attached hydrogen (secondary N) is 1. The SMILES string of the molecule is CCCOCCCNC(=O)c1ccnc(N)c1F. The van der Waals surface area contributed by atoms with E-state index in [2.05, 4.69) is 10.3 Å². The summed E-state index contributed by atoms with van der Waals surface area (Å²) in [5.74, 6) is -1.54. The summed E-state index contributed by atoms with van der Waals surface area (Å²) in [5, 5.41) is 2.60. The molecule has 1 amide bonds. The Kier molecular flexibility index (Phi) is 6.07. The molecule has 1 heterocycles. The molecule has 0 radical (unpaired) electrons. The lowest BCUT2D eigenvalue weighted by atomic mass is 10.2. The van der Waals surface area contributed by atoms with Crippen LogP contribution in [0.25, 0.3) is 0 Å². The van der Waals surface area contributed by atoms with Crippen molar-refractivity contribution >= 4 is 11.7 Å². The Balaban J connectivity index is 2.35. The van der Waals surface area contributed by atoms with Crippen molar-refractivity contribution in [3.63, 3.8) is 0 Å². The highest BCUT2D eigenvalue weighted by atomic mass is 19.1. The lowest BCUT2D eigenvalue weighted by Crippen LogP contribution is -2.26. The number of pyridine rings is 1. The van der Waals surface area contributed by atoms with E-state index < -0.39 is 11.7 Å². The summed E-state index contributed by atoms with van der Waals surface area (Å²) in [5.41, 5.74) is 5.20. The Morgan fingerprint density at radius 1 is 1.56 bits per heavy atom. The van der Waals surface area contributed by atoms with Gasteiger partial charge in [-0.2, -0.15) is 0 Å². The Labute approximate surface area is 106 Å². The number of amides is 1. The smallest absolute Gasteiger partial charge is 0.254 e. The molecule has 6 heteroatoms. The molecular weight excluding hydrogens is 237 g/mol. The van der Waals surface area contributed by atoms with E-state index in [1.54, 1.807) is 0 Å². The molecular formula is C12H18FN3O2. The van der Waals surface area contributed by atoms with Crippen LogP contribution in [-0.2, 0) is 4.74 Å². The standard InChI is InChI=1S/C12H18FN3O2/c1-2-7-18-8-3-5-16-12(17)9-4-6-15-11(14)10(9)13/h4,6H,2-3,5,7-8H2,1H3,(H2,14,15)(H,16,17). The summed E-state index contributed by atoms with van der Waals surface area (Å²) in [4.78, 5) is 15.2. The van der Waals surface area contributed by atoms with Gasteiger partial charge in [0.1, 0.15) is 0 Å². The molecule has 0 aliphatic carbocycles. The van der Waals surface area contributed by atoms with Crippen LogP contribution >= 0.6 is 0 Å². The molecule has 0 bridgehead atoms. The predicted octanol–water partition coefficient (Wildman–Crippen LogP) is 1.35. The number of nitrogen functional groups attached to an aromatic ring is 1. The number of carbonyl (C=O) groups excluding carboxylic acids is 1. The Morgan fingerprint density at radius 3 is 3.06 bits per heavy atom. The molecule has 0 aromatic carbocycles. The van der Waals surface area contributed by atoms with Crippen molar-refractivity contribution in [3.05, 3.63) is 23.6 Å². The topological polar surface area (TPSA) is 77.2 Å². The fourth-order valence-electron chi connectivity index (χ4n) is 1.35. The summed E-state index contributed by atoms with van der Waals surface area (Å²) >= 11 is 0. The van der Waals surface area contributed by atoms with Gasteiger partial charge in [-0.15, -0.1) is 0 Å². The van der Waals surface area contributed by atoms with E-state index in [0.717, 1.165) is 6.42 Å². The second-order valence-corrected chi connectivity index (χ2v) is 3.78. The molecule has 0 atom stereocenters. The highest BCUT2D eigenvalue weighted by Gasteiger charge is 2.13. The highest BCUT2D eigenvalue weighted by molar-refractivity contribution is 5.95. The van der Waals surface area contributed by atoms with Crippen molar-refractivity contribution in [2.75, 3.05) is 25.5 Å². The van der Waals surface area contributed by atoms with Gasteiger partial charge in [0.2, 0.25) is 0 Å². The quantitative estimate of drug-likeness (QED) is 0.721. The summed E-state index contributed by atoms with van der Waals surface area (Å²) < 4.78 is 18.7. The van der Waals surface area contributed by atoms with Gasteiger partial charge in [0.05, 0.1) is 5.56 Å². The largest absolute Gasteiger partial charge is 0.381 e. The van der Waals surface area contributed by atoms with E-state index in [1.807, 2.05) is 6.92 Å². The van der Waals surface area contributed by atoms with Crippen LogP contribution < -0.4 is 11.1 Å². The summed E-state index contributed by atoms with van der Waals surface area (Å²) in [6.07, 6.45) is 2.96. The second kappa shape index (κ2) is 7.60. The lowest BCUT2D eigenvalue weighted by molar-refractivity contribution is 0.0937. The van der Waals surface area contributed by atoms with Gasteiger partial charge in [0.15, 0.2) is 11.6 Å². The molecule has 3 N–H and O–H groups in total. The van der Waals surface area contributed by atoms with Crippen LogP contribution in [0.1, 0.15) is 30.1 Å². The van der Waals surface area contributed by atoms with Crippen molar-refractivity contribution in [1.82, 2.24) is 10.3 Å². The number of nitrogens with two attached hydrogens (primary N) is 1. The number of anilines is 1. The van der Waals surface area contributed by atoms with E-state index in [-0.39, 0.29) is 11.4 Å². The van der Waals surface area contributed by atoms with Crippen molar-refractivity contribution in [3.8, 4) is 0 Å². The van der Waals surface area contributed by atoms with Crippen LogP contribution in [0.2, 0.25) is 0 Å². The number of halogens is 1. The van der Waals surface area contributed by atoms with E-state index in [1.165, 1.54) is 12.3 Å². The maximum atomic E-state index is 13.5. The van der Waals surface area contributed by atoms with Crippen molar-refractivity contribution < 1.29 is 13.9 Å². The van der Waals surface area contributed by atoms with Crippen molar-refractivity contribution in [1.29, 1.82) is 0 Å². The fourth-order valence-corrected chi connectivity index (χ4v) is 1.35. The average molecular weight is 255 g/mol. The van der Waals surface area contributed by atoms with Crippen molar-refractivity contribution in [2.45, 2.75) is 19.8 Å². The van der Waals surface area contributed by atoms with E-state index in [4.69, 9.17) is 10.5 Å². The minimum absolute atomic E-state index is 0.0861. The summed E-state index contributed by atoms with van der Waals surface area (Å²) in [6, 6.07) is 1.30. The van der Waals surface area contributed by atoms with E-state index >= 15 is 0 Å². The molecule has 0 fully saturated rings. The van der Waals surface area contributed by atoms with Crippen LogP contribution in [0.4, 0.5) is 10.2 Å². The molecule has 0 saturated carbocycles. The van der Waals surface area contributed by atoms with Gasteiger partial charge in [-0.1, -0.05) is 6.92 Å². The molecule has 0 aliphatic heterocycles. The summed E-state index contributed by atoms with van der Waals surface area (Å²) in [6.45, 7) is 3.75. The van der Waals surface area contributed by atoms with Crippen LogP contribution in [0.5, 0.6) is 0 Å². The third-order valence-electron chi connectivity index (χ3n) is 2.26. The molecule has 0 spiro atoms. The van der Waals surface area contributed by atoms with Gasteiger partial charge in [-0.25, -0.2) is 9.37 Å². The molecule has 100 valence electrons. The van der Waals surface area contributed by atoms with Gasteiger partial charge in [0.25, 0.3) is 5.91 Å². The first-order chi connectivity index (χ1) is 8.66. The van der Waals surface area contributed by atoms with Gasteiger partial charge in [-0.3, -0.25) is 4.79 Å². The monoisotopic (exact) mass is 255 g/mol. The summed E-state index contributed by atoms with van der Waals surface area (Å²) in [7, 11) is 0. The molecule has 0 saturated heterocycles. The lowest BCUT2D eigenvalue weighted by Gasteiger charge is -2.07. The molecule has 1 aromatic rings. The number of carbonyl (C=O) groups is 1.